The van der Waals surface area contributed by atoms with Gasteiger partial charge in [-0.05, 0) is 37.5 Å². The molecule has 5 heteroatoms. The number of aryl methyl sites for hydroxylation is 1. The Morgan fingerprint density at radius 3 is 2.95 bits per heavy atom. The highest BCUT2D eigenvalue weighted by atomic mass is 16.3. The van der Waals surface area contributed by atoms with E-state index in [1.54, 1.807) is 0 Å². The molecular weight excluding hydrogens is 254 g/mol. The van der Waals surface area contributed by atoms with E-state index in [-0.39, 0.29) is 17.9 Å². The zero-order valence-corrected chi connectivity index (χ0v) is 12.2. The number of fused-ring (bicyclic) bond motifs is 1. The Morgan fingerprint density at radius 1 is 1.40 bits per heavy atom. The van der Waals surface area contributed by atoms with Gasteiger partial charge in [0.05, 0.1) is 6.10 Å². The summed E-state index contributed by atoms with van der Waals surface area (Å²) in [5, 5.41) is 17.1. The van der Waals surface area contributed by atoms with Gasteiger partial charge >= 0.3 is 0 Å². The van der Waals surface area contributed by atoms with E-state index < -0.39 is 0 Å². The van der Waals surface area contributed by atoms with Crippen molar-refractivity contribution in [2.75, 3.05) is 13.1 Å². The van der Waals surface area contributed by atoms with E-state index in [0.29, 0.717) is 31.1 Å². The molecule has 1 aliphatic carbocycles. The summed E-state index contributed by atoms with van der Waals surface area (Å²) in [4.78, 5) is 14.5. The second kappa shape index (κ2) is 5.20. The lowest BCUT2D eigenvalue weighted by Crippen LogP contribution is -2.45. The van der Waals surface area contributed by atoms with Crippen LogP contribution >= 0.6 is 0 Å². The van der Waals surface area contributed by atoms with Crippen LogP contribution in [0.25, 0.3) is 0 Å². The van der Waals surface area contributed by atoms with Crippen molar-refractivity contribution < 1.29 is 9.90 Å². The molecule has 5 nitrogen and oxygen atoms in total. The molecule has 3 atom stereocenters. The first kappa shape index (κ1) is 13.6. The lowest BCUT2D eigenvalue weighted by molar-refractivity contribution is 0.0293. The van der Waals surface area contributed by atoms with Crippen molar-refractivity contribution in [1.82, 2.24) is 15.1 Å². The Bertz CT molecular complexity index is 511. The summed E-state index contributed by atoms with van der Waals surface area (Å²) in [5.41, 5.74) is 2.86. The van der Waals surface area contributed by atoms with Gasteiger partial charge in [-0.25, -0.2) is 0 Å². The van der Waals surface area contributed by atoms with E-state index in [4.69, 9.17) is 0 Å². The third-order valence-electron chi connectivity index (χ3n) is 4.74. The first-order valence-electron chi connectivity index (χ1n) is 7.59. The number of aliphatic hydroxyl groups excluding tert-OH is 1. The molecule has 2 aliphatic rings. The number of hydrogen-bond donors (Lipinski definition) is 2. The summed E-state index contributed by atoms with van der Waals surface area (Å²) in [6.07, 6.45) is 3.48. The van der Waals surface area contributed by atoms with E-state index in [9.17, 15) is 9.90 Å². The van der Waals surface area contributed by atoms with Crippen molar-refractivity contribution >= 4 is 5.91 Å². The summed E-state index contributed by atoms with van der Waals surface area (Å²) in [6.45, 7) is 5.47. The van der Waals surface area contributed by atoms with Gasteiger partial charge in [0.2, 0.25) is 0 Å². The molecule has 20 heavy (non-hydrogen) atoms. The van der Waals surface area contributed by atoms with Gasteiger partial charge < -0.3 is 10.0 Å². The Balaban J connectivity index is 1.80. The van der Waals surface area contributed by atoms with E-state index in [1.807, 2.05) is 11.8 Å². The Hall–Kier alpha value is -1.36. The molecule has 0 spiro atoms. The van der Waals surface area contributed by atoms with Crippen molar-refractivity contribution in [3.05, 3.63) is 17.0 Å². The molecule has 0 radical (unpaired) electrons. The van der Waals surface area contributed by atoms with Crippen LogP contribution in [0.3, 0.4) is 0 Å². The third-order valence-corrected chi connectivity index (χ3v) is 4.74. The molecule has 1 aromatic heterocycles. The predicted molar refractivity (Wildman–Crippen MR) is 75.5 cm³/mol. The highest BCUT2D eigenvalue weighted by Gasteiger charge is 2.32. The highest BCUT2D eigenvalue weighted by Crippen LogP contribution is 2.27. The quantitative estimate of drug-likeness (QED) is 0.814. The minimum Gasteiger partial charge on any atom is -0.393 e. The molecule has 1 amide bonds. The van der Waals surface area contributed by atoms with Crippen LogP contribution in [0.15, 0.2) is 0 Å². The highest BCUT2D eigenvalue weighted by molar-refractivity contribution is 5.94. The maximum absolute atomic E-state index is 12.7. The first-order chi connectivity index (χ1) is 9.56. The number of aromatic amines is 1. The summed E-state index contributed by atoms with van der Waals surface area (Å²) in [5.74, 6) is 0.783. The number of aromatic nitrogens is 2. The van der Waals surface area contributed by atoms with E-state index in [2.05, 4.69) is 17.1 Å². The second-order valence-electron chi connectivity index (χ2n) is 6.46. The molecule has 0 aromatic carbocycles. The molecule has 1 aliphatic heterocycles. The van der Waals surface area contributed by atoms with Crippen molar-refractivity contribution in [3.63, 3.8) is 0 Å². The lowest BCUT2D eigenvalue weighted by Gasteiger charge is -2.34. The second-order valence-corrected chi connectivity index (χ2v) is 6.46. The number of likely N-dealkylation sites (tertiary alicyclic amines) is 1. The number of H-pyrrole nitrogens is 1. The number of nitrogens with one attached hydrogen (secondary N) is 1. The van der Waals surface area contributed by atoms with Gasteiger partial charge in [-0.15, -0.1) is 0 Å². The minimum atomic E-state index is -0.285. The lowest BCUT2D eigenvalue weighted by atomic mass is 9.87. The number of hydrogen-bond acceptors (Lipinski definition) is 3. The van der Waals surface area contributed by atoms with Gasteiger partial charge in [-0.2, -0.15) is 5.10 Å². The number of amides is 1. The minimum absolute atomic E-state index is 0.0235. The van der Waals surface area contributed by atoms with Crippen molar-refractivity contribution in [1.29, 1.82) is 0 Å². The fourth-order valence-electron chi connectivity index (χ4n) is 3.31. The Morgan fingerprint density at radius 2 is 2.20 bits per heavy atom. The van der Waals surface area contributed by atoms with Crippen molar-refractivity contribution in [3.8, 4) is 0 Å². The molecule has 3 unspecified atom stereocenters. The number of rotatable bonds is 1. The molecular formula is C15H23N3O2. The molecule has 3 rings (SSSR count). The summed E-state index contributed by atoms with van der Waals surface area (Å²) < 4.78 is 0. The number of nitrogens with zero attached hydrogens (tertiary/aromatic N) is 2. The zero-order valence-electron chi connectivity index (χ0n) is 12.2. The standard InChI is InChI=1S/C15H23N3O2/c1-9-3-4-12-11(7-9)14(17-16-12)15(20)18-6-5-13(19)10(2)8-18/h9-10,13,19H,3-8H2,1-2H3,(H,16,17). The predicted octanol–water partition coefficient (Wildman–Crippen LogP) is 1.38. The van der Waals surface area contributed by atoms with Crippen LogP contribution in [0.1, 0.15) is 48.4 Å². The van der Waals surface area contributed by atoms with Crippen LogP contribution in [-0.2, 0) is 12.8 Å². The summed E-state index contributed by atoms with van der Waals surface area (Å²) in [7, 11) is 0. The fourth-order valence-corrected chi connectivity index (χ4v) is 3.31. The topological polar surface area (TPSA) is 69.2 Å². The van der Waals surface area contributed by atoms with Crippen LogP contribution in [0.2, 0.25) is 0 Å². The average molecular weight is 277 g/mol. The van der Waals surface area contributed by atoms with Crippen molar-refractivity contribution in [2.45, 2.75) is 45.6 Å². The number of carbonyl (C=O) groups excluding carboxylic acids is 1. The number of carbonyl (C=O) groups is 1. The van der Waals surface area contributed by atoms with Crippen molar-refractivity contribution in [2.24, 2.45) is 11.8 Å². The number of aliphatic hydroxyl groups is 1. The first-order valence-corrected chi connectivity index (χ1v) is 7.59. The maximum Gasteiger partial charge on any atom is 0.274 e. The SMILES string of the molecule is CC1CCc2[nH]nc(C(=O)N3CCC(O)C(C)C3)c2C1. The van der Waals surface area contributed by atoms with Gasteiger partial charge in [0, 0.05) is 24.3 Å². The molecule has 2 N–H and O–H groups in total. The molecule has 0 bridgehead atoms. The summed E-state index contributed by atoms with van der Waals surface area (Å²) in [6, 6.07) is 0. The van der Waals surface area contributed by atoms with E-state index in [1.165, 1.54) is 0 Å². The van der Waals surface area contributed by atoms with Gasteiger partial charge in [-0.3, -0.25) is 9.89 Å². The van der Waals surface area contributed by atoms with Crippen LogP contribution in [0.4, 0.5) is 0 Å². The zero-order chi connectivity index (χ0) is 14.3. The summed E-state index contributed by atoms with van der Waals surface area (Å²) >= 11 is 0. The van der Waals surface area contributed by atoms with Gasteiger partial charge in [-0.1, -0.05) is 13.8 Å². The Kier molecular flexibility index (Phi) is 3.54. The molecule has 1 aromatic rings. The van der Waals surface area contributed by atoms with Crippen LogP contribution in [0, 0.1) is 11.8 Å². The van der Waals surface area contributed by atoms with Crippen LogP contribution < -0.4 is 0 Å². The number of piperidine rings is 1. The fraction of sp³-hybridized carbons (Fsp3) is 0.733. The maximum atomic E-state index is 12.7. The Labute approximate surface area is 119 Å². The smallest absolute Gasteiger partial charge is 0.274 e. The van der Waals surface area contributed by atoms with Gasteiger partial charge in [0.1, 0.15) is 0 Å². The van der Waals surface area contributed by atoms with Crippen LogP contribution in [-0.4, -0.2) is 45.3 Å². The van der Waals surface area contributed by atoms with Crippen LogP contribution in [0.5, 0.6) is 0 Å². The van der Waals surface area contributed by atoms with E-state index >= 15 is 0 Å². The largest absolute Gasteiger partial charge is 0.393 e. The normalized spacial score (nSPS) is 30.1. The van der Waals surface area contributed by atoms with Gasteiger partial charge in [0.25, 0.3) is 5.91 Å². The van der Waals surface area contributed by atoms with Gasteiger partial charge in [0.15, 0.2) is 5.69 Å². The third kappa shape index (κ3) is 2.35. The van der Waals surface area contributed by atoms with E-state index in [0.717, 1.165) is 30.5 Å². The average Bonchev–Trinajstić information content (AvgIpc) is 2.84. The molecule has 1 saturated heterocycles. The monoisotopic (exact) mass is 277 g/mol. The molecule has 110 valence electrons. The molecule has 0 saturated carbocycles. The molecule has 2 heterocycles. The molecule has 1 fully saturated rings.